The number of hydrogen-bond donors (Lipinski definition) is 0. The van der Waals surface area contributed by atoms with E-state index in [1.165, 1.54) is 6.33 Å². The minimum absolute atomic E-state index is 0.0101. The SMILES string of the molecule is COc1cc(C)ccc1Oc1cc(N2CCN(C(=O)c3ccccc3Cl)[C@@H](C)C2)ncn1. The number of nitrogens with zero attached hydrogens (tertiary/aromatic N) is 4. The van der Waals surface area contributed by atoms with E-state index in [-0.39, 0.29) is 11.9 Å². The molecule has 0 bridgehead atoms. The van der Waals surface area contributed by atoms with Crippen LogP contribution in [0.25, 0.3) is 0 Å². The topological polar surface area (TPSA) is 67.8 Å². The highest BCUT2D eigenvalue weighted by Crippen LogP contribution is 2.32. The van der Waals surface area contributed by atoms with Crippen molar-refractivity contribution < 1.29 is 14.3 Å². The van der Waals surface area contributed by atoms with Crippen molar-refractivity contribution in [1.82, 2.24) is 14.9 Å². The van der Waals surface area contributed by atoms with E-state index in [9.17, 15) is 4.79 Å². The molecule has 2 heterocycles. The monoisotopic (exact) mass is 452 g/mol. The summed E-state index contributed by atoms with van der Waals surface area (Å²) in [6.45, 7) is 5.87. The number of carbonyl (C=O) groups is 1. The fourth-order valence-electron chi connectivity index (χ4n) is 3.79. The lowest BCUT2D eigenvalue weighted by Gasteiger charge is -2.40. The molecule has 1 amide bonds. The molecular weight excluding hydrogens is 428 g/mol. The molecule has 1 fully saturated rings. The van der Waals surface area contributed by atoms with Crippen LogP contribution in [0.2, 0.25) is 5.02 Å². The molecule has 32 heavy (non-hydrogen) atoms. The van der Waals surface area contributed by atoms with E-state index in [0.717, 1.165) is 11.4 Å². The summed E-state index contributed by atoms with van der Waals surface area (Å²) in [5, 5.41) is 0.469. The Kier molecular flexibility index (Phi) is 6.46. The van der Waals surface area contributed by atoms with Crippen LogP contribution >= 0.6 is 11.6 Å². The average molecular weight is 453 g/mol. The van der Waals surface area contributed by atoms with Crippen LogP contribution < -0.4 is 14.4 Å². The van der Waals surface area contributed by atoms with Crippen LogP contribution in [-0.4, -0.2) is 53.6 Å². The first-order valence-corrected chi connectivity index (χ1v) is 10.8. The van der Waals surface area contributed by atoms with Crippen LogP contribution in [0.15, 0.2) is 54.9 Å². The zero-order valence-corrected chi connectivity index (χ0v) is 19.0. The maximum atomic E-state index is 13.0. The Morgan fingerprint density at radius 3 is 2.66 bits per heavy atom. The lowest BCUT2D eigenvalue weighted by molar-refractivity contribution is 0.0674. The number of aromatic nitrogens is 2. The van der Waals surface area contributed by atoms with Crippen LogP contribution in [0.3, 0.4) is 0 Å². The second kappa shape index (κ2) is 9.44. The Morgan fingerprint density at radius 2 is 1.91 bits per heavy atom. The first kappa shape index (κ1) is 21.9. The molecule has 0 radical (unpaired) electrons. The van der Waals surface area contributed by atoms with Gasteiger partial charge < -0.3 is 19.3 Å². The lowest BCUT2D eigenvalue weighted by Crippen LogP contribution is -2.54. The molecule has 4 rings (SSSR count). The van der Waals surface area contributed by atoms with Crippen molar-refractivity contribution in [3.05, 3.63) is 71.0 Å². The number of hydrogen-bond acceptors (Lipinski definition) is 6. The first-order chi connectivity index (χ1) is 15.5. The van der Waals surface area contributed by atoms with E-state index in [0.29, 0.717) is 47.6 Å². The molecule has 1 saturated heterocycles. The van der Waals surface area contributed by atoms with Gasteiger partial charge in [-0.3, -0.25) is 4.79 Å². The number of methoxy groups -OCH3 is 1. The summed E-state index contributed by atoms with van der Waals surface area (Å²) in [6.07, 6.45) is 1.48. The van der Waals surface area contributed by atoms with E-state index < -0.39 is 0 Å². The Labute approximate surface area is 192 Å². The van der Waals surface area contributed by atoms with E-state index in [4.69, 9.17) is 21.1 Å². The minimum Gasteiger partial charge on any atom is -0.493 e. The molecule has 7 nitrogen and oxygen atoms in total. The summed E-state index contributed by atoms with van der Waals surface area (Å²) < 4.78 is 11.4. The summed E-state index contributed by atoms with van der Waals surface area (Å²) >= 11 is 6.23. The van der Waals surface area contributed by atoms with Crippen molar-refractivity contribution in [2.24, 2.45) is 0 Å². The van der Waals surface area contributed by atoms with Crippen LogP contribution in [0.5, 0.6) is 17.4 Å². The number of aryl methyl sites for hydroxylation is 1. The summed E-state index contributed by atoms with van der Waals surface area (Å²) in [4.78, 5) is 25.6. The van der Waals surface area contributed by atoms with Gasteiger partial charge in [0.15, 0.2) is 11.5 Å². The van der Waals surface area contributed by atoms with E-state index in [1.54, 1.807) is 25.3 Å². The third-order valence-corrected chi connectivity index (χ3v) is 5.81. The second-order valence-electron chi connectivity index (χ2n) is 7.74. The van der Waals surface area contributed by atoms with Gasteiger partial charge in [0.1, 0.15) is 12.1 Å². The summed E-state index contributed by atoms with van der Waals surface area (Å²) in [7, 11) is 1.61. The molecule has 0 spiro atoms. The number of rotatable bonds is 5. The largest absolute Gasteiger partial charge is 0.493 e. The van der Waals surface area contributed by atoms with Gasteiger partial charge in [-0.25, -0.2) is 9.97 Å². The zero-order valence-electron chi connectivity index (χ0n) is 18.3. The van der Waals surface area contributed by atoms with Crippen molar-refractivity contribution >= 4 is 23.3 Å². The number of benzene rings is 2. The zero-order chi connectivity index (χ0) is 22.7. The molecule has 8 heteroatoms. The number of piperazine rings is 1. The molecule has 0 unspecified atom stereocenters. The molecule has 2 aromatic carbocycles. The van der Waals surface area contributed by atoms with Crippen LogP contribution in [0.4, 0.5) is 5.82 Å². The molecule has 0 saturated carbocycles. The summed E-state index contributed by atoms with van der Waals surface area (Å²) in [5.41, 5.74) is 1.61. The van der Waals surface area contributed by atoms with Gasteiger partial charge in [0.25, 0.3) is 5.91 Å². The Hall–Kier alpha value is -3.32. The Bertz CT molecular complexity index is 1120. The molecular formula is C24H25ClN4O3. The molecule has 1 aliphatic rings. The lowest BCUT2D eigenvalue weighted by atomic mass is 10.1. The molecule has 0 N–H and O–H groups in total. The van der Waals surface area contributed by atoms with E-state index in [2.05, 4.69) is 14.9 Å². The van der Waals surface area contributed by atoms with Gasteiger partial charge in [-0.15, -0.1) is 0 Å². The van der Waals surface area contributed by atoms with Crippen LogP contribution in [-0.2, 0) is 0 Å². The number of anilines is 1. The maximum Gasteiger partial charge on any atom is 0.255 e. The standard InChI is InChI=1S/C24H25ClN4O3/c1-16-8-9-20(21(12-16)31-3)32-23-13-22(26-15-27-23)28-10-11-29(17(2)14-28)24(30)18-6-4-5-7-19(18)25/h4-9,12-13,15,17H,10-11,14H2,1-3H3/t17-/m0/s1. The first-order valence-electron chi connectivity index (χ1n) is 10.4. The van der Waals surface area contributed by atoms with Crippen molar-refractivity contribution in [2.75, 3.05) is 31.6 Å². The van der Waals surface area contributed by atoms with Gasteiger partial charge in [0.2, 0.25) is 5.88 Å². The Morgan fingerprint density at radius 1 is 1.09 bits per heavy atom. The molecule has 0 aliphatic carbocycles. The van der Waals surface area contributed by atoms with Crippen LogP contribution in [0, 0.1) is 6.92 Å². The highest BCUT2D eigenvalue weighted by molar-refractivity contribution is 6.33. The predicted molar refractivity (Wildman–Crippen MR) is 124 cm³/mol. The summed E-state index contributed by atoms with van der Waals surface area (Å²) in [5.74, 6) is 2.36. The second-order valence-corrected chi connectivity index (χ2v) is 8.15. The van der Waals surface area contributed by atoms with Crippen molar-refractivity contribution in [1.29, 1.82) is 0 Å². The fourth-order valence-corrected chi connectivity index (χ4v) is 4.00. The number of ether oxygens (including phenoxy) is 2. The molecule has 1 atom stereocenters. The highest BCUT2D eigenvalue weighted by Gasteiger charge is 2.29. The van der Waals surface area contributed by atoms with E-state index >= 15 is 0 Å². The Balaban J connectivity index is 1.47. The normalized spacial score (nSPS) is 16.1. The van der Waals surface area contributed by atoms with Crippen molar-refractivity contribution in [2.45, 2.75) is 19.9 Å². The van der Waals surface area contributed by atoms with Gasteiger partial charge in [-0.1, -0.05) is 29.8 Å². The molecule has 1 aliphatic heterocycles. The van der Waals surface area contributed by atoms with E-state index in [1.807, 2.05) is 49.1 Å². The van der Waals surface area contributed by atoms with Gasteiger partial charge in [0.05, 0.1) is 17.7 Å². The van der Waals surface area contributed by atoms with Gasteiger partial charge in [-0.2, -0.15) is 0 Å². The molecule has 166 valence electrons. The molecule has 3 aromatic rings. The number of amides is 1. The fraction of sp³-hybridized carbons (Fsp3) is 0.292. The number of halogens is 1. The smallest absolute Gasteiger partial charge is 0.255 e. The van der Waals surface area contributed by atoms with Crippen LogP contribution in [0.1, 0.15) is 22.8 Å². The minimum atomic E-state index is -0.0547. The third kappa shape index (κ3) is 4.62. The number of carbonyl (C=O) groups excluding carboxylic acids is 1. The van der Waals surface area contributed by atoms with Gasteiger partial charge in [-0.05, 0) is 43.7 Å². The maximum absolute atomic E-state index is 13.0. The summed E-state index contributed by atoms with van der Waals surface area (Å²) in [6, 6.07) is 14.7. The van der Waals surface area contributed by atoms with Crippen molar-refractivity contribution in [3.8, 4) is 17.4 Å². The third-order valence-electron chi connectivity index (χ3n) is 5.48. The average Bonchev–Trinajstić information content (AvgIpc) is 2.80. The predicted octanol–water partition coefficient (Wildman–Crippen LogP) is 4.59. The van der Waals surface area contributed by atoms with Gasteiger partial charge >= 0.3 is 0 Å². The van der Waals surface area contributed by atoms with Gasteiger partial charge in [0, 0.05) is 31.7 Å². The van der Waals surface area contributed by atoms with Crippen molar-refractivity contribution in [3.63, 3.8) is 0 Å². The highest BCUT2D eigenvalue weighted by atomic mass is 35.5. The quantitative estimate of drug-likeness (QED) is 0.564. The molecule has 1 aromatic heterocycles.